The van der Waals surface area contributed by atoms with Crippen molar-refractivity contribution in [2.24, 2.45) is 11.8 Å². The molecule has 3 rings (SSSR count). The van der Waals surface area contributed by atoms with Crippen LogP contribution in [-0.2, 0) is 16.2 Å². The predicted molar refractivity (Wildman–Crippen MR) is 105 cm³/mol. The van der Waals surface area contributed by atoms with E-state index in [0.717, 1.165) is 17.7 Å². The summed E-state index contributed by atoms with van der Waals surface area (Å²) in [5.74, 6) is 0.191. The molecule has 5 nitrogen and oxygen atoms in total. The first-order valence-corrected chi connectivity index (χ1v) is 9.45. The standard InChI is InChI=1S/C22H26N2O3/c1-3-15(2)23-21(25)19-13-20(19)22(26)24-17-9-11-18(12-10-17)27-14-16-7-5-4-6-8-16/h4-12,15,19-20H,3,13-14H2,1-2H3,(H,23,25)(H,24,26). The topological polar surface area (TPSA) is 67.4 Å². The third-order valence-electron chi connectivity index (χ3n) is 4.84. The van der Waals surface area contributed by atoms with Gasteiger partial charge in [-0.15, -0.1) is 0 Å². The molecule has 2 aromatic carbocycles. The smallest absolute Gasteiger partial charge is 0.228 e. The maximum Gasteiger partial charge on any atom is 0.228 e. The van der Waals surface area contributed by atoms with E-state index in [9.17, 15) is 9.59 Å². The molecule has 3 unspecified atom stereocenters. The fourth-order valence-corrected chi connectivity index (χ4v) is 2.84. The molecule has 0 saturated heterocycles. The molecular weight excluding hydrogens is 340 g/mol. The Bertz CT molecular complexity index is 774. The zero-order valence-corrected chi connectivity index (χ0v) is 15.8. The highest BCUT2D eigenvalue weighted by Crippen LogP contribution is 2.39. The van der Waals surface area contributed by atoms with Gasteiger partial charge in [-0.3, -0.25) is 9.59 Å². The van der Waals surface area contributed by atoms with Crippen LogP contribution >= 0.6 is 0 Å². The Balaban J connectivity index is 1.46. The number of nitrogens with one attached hydrogen (secondary N) is 2. The normalized spacial score (nSPS) is 19.0. The van der Waals surface area contributed by atoms with E-state index in [2.05, 4.69) is 10.6 Å². The van der Waals surface area contributed by atoms with Crippen molar-refractivity contribution >= 4 is 17.5 Å². The second-order valence-electron chi connectivity index (χ2n) is 7.05. The molecule has 142 valence electrons. The van der Waals surface area contributed by atoms with Crippen molar-refractivity contribution in [1.29, 1.82) is 0 Å². The number of hydrogen-bond acceptors (Lipinski definition) is 3. The van der Waals surface area contributed by atoms with Crippen LogP contribution < -0.4 is 15.4 Å². The minimum Gasteiger partial charge on any atom is -0.489 e. The molecule has 0 radical (unpaired) electrons. The molecule has 0 bridgehead atoms. The summed E-state index contributed by atoms with van der Waals surface area (Å²) in [5, 5.41) is 5.82. The highest BCUT2D eigenvalue weighted by molar-refractivity contribution is 5.99. The lowest BCUT2D eigenvalue weighted by Crippen LogP contribution is -2.34. The van der Waals surface area contributed by atoms with Gasteiger partial charge in [-0.2, -0.15) is 0 Å². The number of benzene rings is 2. The fraction of sp³-hybridized carbons (Fsp3) is 0.364. The van der Waals surface area contributed by atoms with Gasteiger partial charge in [0.25, 0.3) is 0 Å². The third kappa shape index (κ3) is 5.33. The maximum atomic E-state index is 12.3. The lowest BCUT2D eigenvalue weighted by atomic mass is 10.2. The van der Waals surface area contributed by atoms with Gasteiger partial charge in [0.2, 0.25) is 11.8 Å². The van der Waals surface area contributed by atoms with Gasteiger partial charge in [-0.1, -0.05) is 37.3 Å². The van der Waals surface area contributed by atoms with Crippen molar-refractivity contribution in [1.82, 2.24) is 5.32 Å². The molecule has 2 amide bonds. The van der Waals surface area contributed by atoms with Crippen LogP contribution in [0.4, 0.5) is 5.69 Å². The molecule has 0 spiro atoms. The summed E-state index contributed by atoms with van der Waals surface area (Å²) < 4.78 is 5.74. The van der Waals surface area contributed by atoms with Crippen LogP contribution in [0.1, 0.15) is 32.3 Å². The average Bonchev–Trinajstić information content (AvgIpc) is 3.49. The van der Waals surface area contributed by atoms with Gasteiger partial charge < -0.3 is 15.4 Å². The van der Waals surface area contributed by atoms with Crippen molar-refractivity contribution in [2.45, 2.75) is 39.3 Å². The highest BCUT2D eigenvalue weighted by atomic mass is 16.5. The number of anilines is 1. The predicted octanol–water partition coefficient (Wildman–Crippen LogP) is 3.75. The Morgan fingerprint density at radius 2 is 1.70 bits per heavy atom. The monoisotopic (exact) mass is 366 g/mol. The average molecular weight is 366 g/mol. The summed E-state index contributed by atoms with van der Waals surface area (Å²) >= 11 is 0. The number of carbonyl (C=O) groups excluding carboxylic acids is 2. The van der Waals surface area contributed by atoms with Gasteiger partial charge in [-0.25, -0.2) is 0 Å². The zero-order valence-electron chi connectivity index (χ0n) is 15.8. The Hall–Kier alpha value is -2.82. The van der Waals surface area contributed by atoms with E-state index < -0.39 is 0 Å². The van der Waals surface area contributed by atoms with E-state index in [-0.39, 0.29) is 29.7 Å². The van der Waals surface area contributed by atoms with E-state index in [1.54, 1.807) is 0 Å². The van der Waals surface area contributed by atoms with Crippen molar-refractivity contribution in [3.8, 4) is 5.75 Å². The Labute approximate surface area is 160 Å². The van der Waals surface area contributed by atoms with Crippen molar-refractivity contribution < 1.29 is 14.3 Å². The largest absolute Gasteiger partial charge is 0.489 e. The number of carbonyl (C=O) groups is 2. The SMILES string of the molecule is CCC(C)NC(=O)C1CC1C(=O)Nc1ccc(OCc2ccccc2)cc1. The molecular formula is C22H26N2O3. The minimum atomic E-state index is -0.233. The van der Waals surface area contributed by atoms with Crippen LogP contribution in [0.15, 0.2) is 54.6 Å². The second kappa shape index (κ2) is 8.71. The summed E-state index contributed by atoms with van der Waals surface area (Å²) in [6, 6.07) is 17.4. The first-order chi connectivity index (χ1) is 13.1. The quantitative estimate of drug-likeness (QED) is 0.748. The summed E-state index contributed by atoms with van der Waals surface area (Å²) in [6.45, 7) is 4.49. The molecule has 1 saturated carbocycles. The van der Waals surface area contributed by atoms with Crippen LogP contribution in [0.2, 0.25) is 0 Å². The van der Waals surface area contributed by atoms with E-state index in [0.29, 0.717) is 18.7 Å². The van der Waals surface area contributed by atoms with Crippen molar-refractivity contribution in [3.63, 3.8) is 0 Å². The van der Waals surface area contributed by atoms with Crippen LogP contribution in [-0.4, -0.2) is 17.9 Å². The summed E-state index contributed by atoms with van der Waals surface area (Å²) in [7, 11) is 0. The lowest BCUT2D eigenvalue weighted by molar-refractivity contribution is -0.125. The highest BCUT2D eigenvalue weighted by Gasteiger charge is 2.48. The summed E-state index contributed by atoms with van der Waals surface area (Å²) in [4.78, 5) is 24.4. The molecule has 27 heavy (non-hydrogen) atoms. The van der Waals surface area contributed by atoms with E-state index in [4.69, 9.17) is 4.74 Å². The Morgan fingerprint density at radius 3 is 2.37 bits per heavy atom. The molecule has 5 heteroatoms. The van der Waals surface area contributed by atoms with Gasteiger partial charge in [0.05, 0.1) is 11.8 Å². The van der Waals surface area contributed by atoms with Gasteiger partial charge in [0.1, 0.15) is 12.4 Å². The molecule has 1 aliphatic carbocycles. The number of rotatable bonds is 8. The number of hydrogen-bond donors (Lipinski definition) is 2. The zero-order chi connectivity index (χ0) is 19.2. The molecule has 1 fully saturated rings. The van der Waals surface area contributed by atoms with Crippen molar-refractivity contribution in [2.75, 3.05) is 5.32 Å². The van der Waals surface area contributed by atoms with Crippen LogP contribution in [0.3, 0.4) is 0 Å². The Morgan fingerprint density at radius 1 is 1.04 bits per heavy atom. The molecule has 3 atom stereocenters. The third-order valence-corrected chi connectivity index (χ3v) is 4.84. The van der Waals surface area contributed by atoms with E-state index in [1.165, 1.54) is 0 Å². The first-order valence-electron chi connectivity index (χ1n) is 9.45. The van der Waals surface area contributed by atoms with E-state index >= 15 is 0 Å². The number of amides is 2. The van der Waals surface area contributed by atoms with Crippen molar-refractivity contribution in [3.05, 3.63) is 60.2 Å². The minimum absolute atomic E-state index is 0.0193. The molecule has 2 aromatic rings. The van der Waals surface area contributed by atoms with Crippen LogP contribution in [0.5, 0.6) is 5.75 Å². The summed E-state index contributed by atoms with van der Waals surface area (Å²) in [5.41, 5.74) is 1.81. The molecule has 1 aliphatic rings. The molecule has 0 aliphatic heterocycles. The van der Waals surface area contributed by atoms with Crippen LogP contribution in [0, 0.1) is 11.8 Å². The number of ether oxygens (including phenoxy) is 1. The summed E-state index contributed by atoms with van der Waals surface area (Å²) in [6.07, 6.45) is 1.50. The molecule has 0 aromatic heterocycles. The van der Waals surface area contributed by atoms with E-state index in [1.807, 2.05) is 68.4 Å². The van der Waals surface area contributed by atoms with Gasteiger partial charge in [-0.05, 0) is 49.6 Å². The van der Waals surface area contributed by atoms with Gasteiger partial charge in [0, 0.05) is 11.7 Å². The molecule has 2 N–H and O–H groups in total. The van der Waals surface area contributed by atoms with Crippen LogP contribution in [0.25, 0.3) is 0 Å². The molecule has 0 heterocycles. The van der Waals surface area contributed by atoms with Gasteiger partial charge in [0.15, 0.2) is 0 Å². The first kappa shape index (κ1) is 19.0. The Kier molecular flexibility index (Phi) is 6.12. The maximum absolute atomic E-state index is 12.3. The lowest BCUT2D eigenvalue weighted by Gasteiger charge is -2.11. The second-order valence-corrected chi connectivity index (χ2v) is 7.05. The fourth-order valence-electron chi connectivity index (χ4n) is 2.84. The van der Waals surface area contributed by atoms with Gasteiger partial charge >= 0.3 is 0 Å².